The van der Waals surface area contributed by atoms with Gasteiger partial charge in [-0.2, -0.15) is 0 Å². The highest BCUT2D eigenvalue weighted by atomic mass is 35.5. The largest absolute Gasteiger partial charge is 0.493 e. The van der Waals surface area contributed by atoms with Gasteiger partial charge in [0.25, 0.3) is 0 Å². The fourth-order valence-electron chi connectivity index (χ4n) is 2.52. The molecule has 0 unspecified atom stereocenters. The van der Waals surface area contributed by atoms with Crippen LogP contribution in [0.25, 0.3) is 0 Å². The molecule has 1 aliphatic rings. The maximum Gasteiger partial charge on any atom is 0.125 e. The quantitative estimate of drug-likeness (QED) is 0.882. The van der Waals surface area contributed by atoms with Crippen LogP contribution in [0.5, 0.6) is 5.75 Å². The summed E-state index contributed by atoms with van der Waals surface area (Å²) < 4.78 is 5.76. The molecular formula is C15H22ClNO. The normalized spacial score (nSPS) is 14.4. The standard InChI is InChI=1S/C15H22ClNO/c1-4-17-10-15(2,3)9-12-8-13(16)7-11-5-6-18-14(11)12/h7-8,17H,4-6,9-10H2,1-3H3. The van der Waals surface area contributed by atoms with Gasteiger partial charge in [0, 0.05) is 18.0 Å². The van der Waals surface area contributed by atoms with Gasteiger partial charge in [-0.15, -0.1) is 0 Å². The number of nitrogens with one attached hydrogen (secondary N) is 1. The van der Waals surface area contributed by atoms with Crippen LogP contribution >= 0.6 is 11.6 Å². The second kappa shape index (κ2) is 5.50. The van der Waals surface area contributed by atoms with Gasteiger partial charge >= 0.3 is 0 Å². The number of benzene rings is 1. The predicted octanol–water partition coefficient (Wildman–Crippen LogP) is 3.45. The second-order valence-electron chi connectivity index (χ2n) is 5.77. The molecule has 1 aliphatic heterocycles. The van der Waals surface area contributed by atoms with Crippen molar-refractivity contribution in [2.45, 2.75) is 33.6 Å². The van der Waals surface area contributed by atoms with Crippen LogP contribution in [0.3, 0.4) is 0 Å². The summed E-state index contributed by atoms with van der Waals surface area (Å²) >= 11 is 6.19. The highest BCUT2D eigenvalue weighted by molar-refractivity contribution is 6.30. The van der Waals surface area contributed by atoms with E-state index in [1.54, 1.807) is 0 Å². The Morgan fingerprint density at radius 3 is 2.89 bits per heavy atom. The molecule has 1 aromatic carbocycles. The summed E-state index contributed by atoms with van der Waals surface area (Å²) in [5, 5.41) is 4.24. The third-order valence-electron chi connectivity index (χ3n) is 3.35. The number of hydrogen-bond donors (Lipinski definition) is 1. The first-order chi connectivity index (χ1) is 8.52. The maximum absolute atomic E-state index is 6.19. The van der Waals surface area contributed by atoms with Gasteiger partial charge in [0.2, 0.25) is 0 Å². The van der Waals surface area contributed by atoms with Crippen LogP contribution in [-0.2, 0) is 12.8 Å². The first-order valence-corrected chi connectivity index (χ1v) is 7.04. The molecule has 1 aromatic rings. The van der Waals surface area contributed by atoms with Crippen LogP contribution in [0.4, 0.5) is 0 Å². The zero-order valence-electron chi connectivity index (χ0n) is 11.5. The van der Waals surface area contributed by atoms with Gasteiger partial charge in [-0.05, 0) is 41.6 Å². The molecule has 0 aromatic heterocycles. The molecule has 2 nitrogen and oxygen atoms in total. The summed E-state index contributed by atoms with van der Waals surface area (Å²) in [6.45, 7) is 9.49. The van der Waals surface area contributed by atoms with E-state index in [4.69, 9.17) is 16.3 Å². The van der Waals surface area contributed by atoms with Gasteiger partial charge in [-0.1, -0.05) is 32.4 Å². The van der Waals surface area contributed by atoms with Crippen LogP contribution in [0.15, 0.2) is 12.1 Å². The van der Waals surface area contributed by atoms with Crippen molar-refractivity contribution in [1.82, 2.24) is 5.32 Å². The Labute approximate surface area is 115 Å². The summed E-state index contributed by atoms with van der Waals surface area (Å²) in [6.07, 6.45) is 1.97. The van der Waals surface area contributed by atoms with Crippen molar-refractivity contribution >= 4 is 11.6 Å². The molecule has 0 spiro atoms. The Balaban J connectivity index is 2.19. The zero-order valence-corrected chi connectivity index (χ0v) is 12.2. The average molecular weight is 268 g/mol. The Kier molecular flexibility index (Phi) is 4.18. The molecule has 1 N–H and O–H groups in total. The number of fused-ring (bicyclic) bond motifs is 1. The lowest BCUT2D eigenvalue weighted by atomic mass is 9.85. The van der Waals surface area contributed by atoms with E-state index in [1.165, 1.54) is 11.1 Å². The zero-order chi connectivity index (χ0) is 13.2. The van der Waals surface area contributed by atoms with E-state index < -0.39 is 0 Å². The van der Waals surface area contributed by atoms with Crippen molar-refractivity contribution in [1.29, 1.82) is 0 Å². The molecule has 3 heteroatoms. The van der Waals surface area contributed by atoms with Gasteiger partial charge in [0.05, 0.1) is 6.61 Å². The lowest BCUT2D eigenvalue weighted by molar-refractivity contribution is 0.322. The molecule has 0 saturated heterocycles. The molecule has 0 atom stereocenters. The average Bonchev–Trinajstić information content (AvgIpc) is 2.74. The summed E-state index contributed by atoms with van der Waals surface area (Å²) in [7, 11) is 0. The topological polar surface area (TPSA) is 21.3 Å². The highest BCUT2D eigenvalue weighted by Gasteiger charge is 2.24. The Bertz CT molecular complexity index is 429. The summed E-state index contributed by atoms with van der Waals surface area (Å²) in [4.78, 5) is 0. The van der Waals surface area contributed by atoms with Crippen LogP contribution in [0, 0.1) is 5.41 Å². The molecular weight excluding hydrogens is 246 g/mol. The third-order valence-corrected chi connectivity index (χ3v) is 3.57. The Morgan fingerprint density at radius 2 is 2.17 bits per heavy atom. The van der Waals surface area contributed by atoms with Gasteiger partial charge in [0.1, 0.15) is 5.75 Å². The third kappa shape index (κ3) is 3.18. The molecule has 0 fully saturated rings. The van der Waals surface area contributed by atoms with E-state index in [0.717, 1.165) is 43.3 Å². The van der Waals surface area contributed by atoms with Gasteiger partial charge in [-0.3, -0.25) is 0 Å². The minimum Gasteiger partial charge on any atom is -0.493 e. The number of hydrogen-bond acceptors (Lipinski definition) is 2. The second-order valence-corrected chi connectivity index (χ2v) is 6.21. The van der Waals surface area contributed by atoms with Crippen molar-refractivity contribution in [3.63, 3.8) is 0 Å². The van der Waals surface area contributed by atoms with E-state index in [-0.39, 0.29) is 5.41 Å². The number of halogens is 1. The summed E-state index contributed by atoms with van der Waals surface area (Å²) in [5.41, 5.74) is 2.72. The molecule has 0 radical (unpaired) electrons. The maximum atomic E-state index is 6.19. The van der Waals surface area contributed by atoms with Crippen LogP contribution in [-0.4, -0.2) is 19.7 Å². The van der Waals surface area contributed by atoms with Crippen molar-refractivity contribution < 1.29 is 4.74 Å². The first kappa shape index (κ1) is 13.7. The van der Waals surface area contributed by atoms with Gasteiger partial charge < -0.3 is 10.1 Å². The number of ether oxygens (including phenoxy) is 1. The lowest BCUT2D eigenvalue weighted by Crippen LogP contribution is -2.31. The molecule has 0 bridgehead atoms. The van der Waals surface area contributed by atoms with E-state index in [2.05, 4.69) is 32.2 Å². The van der Waals surface area contributed by atoms with E-state index in [0.29, 0.717) is 0 Å². The fraction of sp³-hybridized carbons (Fsp3) is 0.600. The van der Waals surface area contributed by atoms with Gasteiger partial charge in [-0.25, -0.2) is 0 Å². The summed E-state index contributed by atoms with van der Waals surface area (Å²) in [5.74, 6) is 1.07. The van der Waals surface area contributed by atoms with Crippen molar-refractivity contribution in [3.8, 4) is 5.75 Å². The lowest BCUT2D eigenvalue weighted by Gasteiger charge is -2.26. The molecule has 100 valence electrons. The molecule has 2 rings (SSSR count). The molecule has 18 heavy (non-hydrogen) atoms. The van der Waals surface area contributed by atoms with Crippen molar-refractivity contribution in [3.05, 3.63) is 28.3 Å². The summed E-state index contributed by atoms with van der Waals surface area (Å²) in [6, 6.07) is 4.09. The SMILES string of the molecule is CCNCC(C)(C)Cc1cc(Cl)cc2c1OCC2. The predicted molar refractivity (Wildman–Crippen MR) is 76.7 cm³/mol. The van der Waals surface area contributed by atoms with Crippen LogP contribution in [0.2, 0.25) is 5.02 Å². The molecule has 0 amide bonds. The van der Waals surface area contributed by atoms with E-state index in [1.807, 2.05) is 6.07 Å². The molecule has 0 saturated carbocycles. The highest BCUT2D eigenvalue weighted by Crippen LogP contribution is 2.36. The Hall–Kier alpha value is -0.730. The molecule has 1 heterocycles. The first-order valence-electron chi connectivity index (χ1n) is 6.66. The number of rotatable bonds is 5. The van der Waals surface area contributed by atoms with Crippen LogP contribution < -0.4 is 10.1 Å². The monoisotopic (exact) mass is 267 g/mol. The van der Waals surface area contributed by atoms with E-state index in [9.17, 15) is 0 Å². The van der Waals surface area contributed by atoms with E-state index >= 15 is 0 Å². The minimum atomic E-state index is 0.209. The van der Waals surface area contributed by atoms with Crippen LogP contribution in [0.1, 0.15) is 31.9 Å². The molecule has 0 aliphatic carbocycles. The van der Waals surface area contributed by atoms with Crippen molar-refractivity contribution in [2.24, 2.45) is 5.41 Å². The van der Waals surface area contributed by atoms with Gasteiger partial charge in [0.15, 0.2) is 0 Å². The Morgan fingerprint density at radius 1 is 1.39 bits per heavy atom. The fourth-order valence-corrected chi connectivity index (χ4v) is 2.78. The minimum absolute atomic E-state index is 0.209. The smallest absolute Gasteiger partial charge is 0.125 e. The van der Waals surface area contributed by atoms with Crippen molar-refractivity contribution in [2.75, 3.05) is 19.7 Å².